The standard InChI is InChI=1S/C20H38/c1-3-5-7-9-11-13-15-19-17-18-20(19)16-14-12-10-8-6-4-2/h3-18H2,1-2H3. The Balaban J connectivity index is 1.96. The molecular formula is C20H38. The molecule has 0 heterocycles. The molecule has 0 nitrogen and oxygen atoms in total. The van der Waals surface area contributed by atoms with Gasteiger partial charge in [0.1, 0.15) is 0 Å². The molecule has 0 heteroatoms. The lowest BCUT2D eigenvalue weighted by atomic mass is 9.82. The molecule has 0 atom stereocenters. The van der Waals surface area contributed by atoms with E-state index in [9.17, 15) is 0 Å². The summed E-state index contributed by atoms with van der Waals surface area (Å²) in [6.45, 7) is 4.60. The molecule has 20 heavy (non-hydrogen) atoms. The van der Waals surface area contributed by atoms with Crippen molar-refractivity contribution in [1.29, 1.82) is 0 Å². The van der Waals surface area contributed by atoms with Gasteiger partial charge in [-0.2, -0.15) is 0 Å². The molecule has 0 radical (unpaired) electrons. The van der Waals surface area contributed by atoms with Gasteiger partial charge in [-0.1, -0.05) is 89.2 Å². The van der Waals surface area contributed by atoms with Gasteiger partial charge in [0.2, 0.25) is 0 Å². The van der Waals surface area contributed by atoms with Crippen molar-refractivity contribution >= 4 is 0 Å². The first-order chi connectivity index (χ1) is 9.88. The largest absolute Gasteiger partial charge is 0.0707 e. The van der Waals surface area contributed by atoms with E-state index in [0.717, 1.165) is 0 Å². The molecule has 0 saturated heterocycles. The zero-order valence-corrected chi connectivity index (χ0v) is 14.3. The van der Waals surface area contributed by atoms with Gasteiger partial charge in [0.05, 0.1) is 0 Å². The molecule has 0 saturated carbocycles. The maximum absolute atomic E-state index is 2.30. The predicted octanol–water partition coefficient (Wildman–Crippen LogP) is 7.58. The van der Waals surface area contributed by atoms with Gasteiger partial charge in [-0.05, 0) is 38.5 Å². The van der Waals surface area contributed by atoms with Gasteiger partial charge >= 0.3 is 0 Å². The van der Waals surface area contributed by atoms with E-state index in [1.807, 2.05) is 11.1 Å². The highest BCUT2D eigenvalue weighted by Crippen LogP contribution is 2.35. The molecule has 0 amide bonds. The van der Waals surface area contributed by atoms with Gasteiger partial charge in [-0.3, -0.25) is 0 Å². The van der Waals surface area contributed by atoms with Crippen molar-refractivity contribution in [2.24, 2.45) is 0 Å². The second-order valence-electron chi connectivity index (χ2n) is 6.74. The molecule has 0 fully saturated rings. The van der Waals surface area contributed by atoms with Gasteiger partial charge in [0.15, 0.2) is 0 Å². The molecule has 1 rings (SSSR count). The van der Waals surface area contributed by atoms with Crippen LogP contribution in [0.3, 0.4) is 0 Å². The number of hydrogen-bond donors (Lipinski definition) is 0. The van der Waals surface area contributed by atoms with Crippen molar-refractivity contribution in [1.82, 2.24) is 0 Å². The van der Waals surface area contributed by atoms with Crippen LogP contribution in [0.1, 0.15) is 117 Å². The van der Waals surface area contributed by atoms with E-state index in [4.69, 9.17) is 0 Å². The molecule has 0 aliphatic heterocycles. The summed E-state index contributed by atoms with van der Waals surface area (Å²) >= 11 is 0. The average molecular weight is 279 g/mol. The van der Waals surface area contributed by atoms with E-state index in [1.165, 1.54) is 103 Å². The molecule has 1 aliphatic carbocycles. The SMILES string of the molecule is CCCCCCCCC1=C(CCCCCCCC)CC1. The fourth-order valence-electron chi connectivity index (χ4n) is 3.32. The quantitative estimate of drug-likeness (QED) is 0.227. The van der Waals surface area contributed by atoms with Crippen LogP contribution in [0, 0.1) is 0 Å². The minimum atomic E-state index is 1.37. The maximum atomic E-state index is 2.30. The summed E-state index contributed by atoms with van der Waals surface area (Å²) in [5, 5.41) is 0. The Bertz CT molecular complexity index is 223. The summed E-state index contributed by atoms with van der Waals surface area (Å²) in [6.07, 6.45) is 23.0. The Morgan fingerprint density at radius 3 is 1.20 bits per heavy atom. The monoisotopic (exact) mass is 278 g/mol. The van der Waals surface area contributed by atoms with E-state index in [2.05, 4.69) is 13.8 Å². The molecule has 0 unspecified atom stereocenters. The number of unbranched alkanes of at least 4 members (excludes halogenated alkanes) is 10. The van der Waals surface area contributed by atoms with Gasteiger partial charge in [0.25, 0.3) is 0 Å². The zero-order valence-electron chi connectivity index (χ0n) is 14.3. The van der Waals surface area contributed by atoms with Crippen LogP contribution in [0.4, 0.5) is 0 Å². The third kappa shape index (κ3) is 8.12. The normalized spacial score (nSPS) is 14.7. The highest BCUT2D eigenvalue weighted by molar-refractivity contribution is 5.24. The van der Waals surface area contributed by atoms with E-state index >= 15 is 0 Å². The highest BCUT2D eigenvalue weighted by atomic mass is 14.2. The van der Waals surface area contributed by atoms with E-state index < -0.39 is 0 Å². The van der Waals surface area contributed by atoms with Gasteiger partial charge < -0.3 is 0 Å². The minimum Gasteiger partial charge on any atom is -0.0707 e. The summed E-state index contributed by atoms with van der Waals surface area (Å²) in [5.74, 6) is 0. The third-order valence-electron chi connectivity index (χ3n) is 4.89. The van der Waals surface area contributed by atoms with Crippen LogP contribution >= 0.6 is 0 Å². The molecule has 118 valence electrons. The number of rotatable bonds is 14. The van der Waals surface area contributed by atoms with E-state index in [1.54, 1.807) is 0 Å². The van der Waals surface area contributed by atoms with Crippen molar-refractivity contribution in [2.75, 3.05) is 0 Å². The van der Waals surface area contributed by atoms with Crippen LogP contribution in [-0.4, -0.2) is 0 Å². The second-order valence-corrected chi connectivity index (χ2v) is 6.74. The lowest BCUT2D eigenvalue weighted by Gasteiger charge is -2.24. The molecular weight excluding hydrogens is 240 g/mol. The Kier molecular flexibility index (Phi) is 11.1. The molecule has 0 spiro atoms. The summed E-state index contributed by atoms with van der Waals surface area (Å²) in [5.41, 5.74) is 3.71. The van der Waals surface area contributed by atoms with Crippen LogP contribution in [-0.2, 0) is 0 Å². The summed E-state index contributed by atoms with van der Waals surface area (Å²) < 4.78 is 0. The lowest BCUT2D eigenvalue weighted by molar-refractivity contribution is 0.567. The molecule has 0 aromatic carbocycles. The Morgan fingerprint density at radius 2 is 0.850 bits per heavy atom. The Morgan fingerprint density at radius 1 is 0.500 bits per heavy atom. The van der Waals surface area contributed by atoms with Crippen LogP contribution in [0.15, 0.2) is 11.1 Å². The molecule has 0 aromatic heterocycles. The fraction of sp³-hybridized carbons (Fsp3) is 0.900. The van der Waals surface area contributed by atoms with Crippen LogP contribution < -0.4 is 0 Å². The Hall–Kier alpha value is -0.260. The van der Waals surface area contributed by atoms with Crippen molar-refractivity contribution in [3.8, 4) is 0 Å². The zero-order chi connectivity index (χ0) is 14.5. The first kappa shape index (κ1) is 17.8. The smallest absolute Gasteiger partial charge is 0.0280 e. The minimum absolute atomic E-state index is 1.37. The van der Waals surface area contributed by atoms with E-state index in [-0.39, 0.29) is 0 Å². The third-order valence-corrected chi connectivity index (χ3v) is 4.89. The maximum Gasteiger partial charge on any atom is -0.0280 e. The van der Waals surface area contributed by atoms with Gasteiger partial charge in [-0.15, -0.1) is 0 Å². The summed E-state index contributed by atoms with van der Waals surface area (Å²) in [7, 11) is 0. The van der Waals surface area contributed by atoms with Gasteiger partial charge in [0, 0.05) is 0 Å². The van der Waals surface area contributed by atoms with Crippen LogP contribution in [0.2, 0.25) is 0 Å². The van der Waals surface area contributed by atoms with Crippen LogP contribution in [0.5, 0.6) is 0 Å². The number of hydrogen-bond acceptors (Lipinski definition) is 0. The van der Waals surface area contributed by atoms with Gasteiger partial charge in [-0.25, -0.2) is 0 Å². The summed E-state index contributed by atoms with van der Waals surface area (Å²) in [6, 6.07) is 0. The van der Waals surface area contributed by atoms with Crippen molar-refractivity contribution in [3.63, 3.8) is 0 Å². The highest BCUT2D eigenvalue weighted by Gasteiger charge is 2.15. The lowest BCUT2D eigenvalue weighted by Crippen LogP contribution is -2.04. The fourth-order valence-corrected chi connectivity index (χ4v) is 3.32. The average Bonchev–Trinajstić information content (AvgIpc) is 2.44. The number of allylic oxidation sites excluding steroid dienone is 2. The molecule has 1 aliphatic rings. The van der Waals surface area contributed by atoms with Crippen molar-refractivity contribution < 1.29 is 0 Å². The first-order valence-corrected chi connectivity index (χ1v) is 9.58. The molecule has 0 bridgehead atoms. The van der Waals surface area contributed by atoms with Crippen LogP contribution in [0.25, 0.3) is 0 Å². The van der Waals surface area contributed by atoms with E-state index in [0.29, 0.717) is 0 Å². The first-order valence-electron chi connectivity index (χ1n) is 9.58. The van der Waals surface area contributed by atoms with Crippen molar-refractivity contribution in [2.45, 2.75) is 117 Å². The summed E-state index contributed by atoms with van der Waals surface area (Å²) in [4.78, 5) is 0. The molecule has 0 N–H and O–H groups in total. The van der Waals surface area contributed by atoms with Crippen molar-refractivity contribution in [3.05, 3.63) is 11.1 Å². The topological polar surface area (TPSA) is 0 Å². The Labute approximate surface area is 128 Å². The molecule has 0 aromatic rings. The predicted molar refractivity (Wildman–Crippen MR) is 92.2 cm³/mol. The second kappa shape index (κ2) is 12.5.